The van der Waals surface area contributed by atoms with E-state index in [4.69, 9.17) is 4.74 Å². The van der Waals surface area contributed by atoms with Crippen LogP contribution < -0.4 is 0 Å². The van der Waals surface area contributed by atoms with Gasteiger partial charge < -0.3 is 4.74 Å². The van der Waals surface area contributed by atoms with Gasteiger partial charge >= 0.3 is 5.97 Å². The molecule has 1 fully saturated rings. The van der Waals surface area contributed by atoms with E-state index >= 15 is 0 Å². The fourth-order valence-corrected chi connectivity index (χ4v) is 2.11. The lowest BCUT2D eigenvalue weighted by Crippen LogP contribution is -2.45. The highest BCUT2D eigenvalue weighted by atomic mass is 16.6. The second-order valence-electron chi connectivity index (χ2n) is 4.32. The van der Waals surface area contributed by atoms with Crippen molar-refractivity contribution < 1.29 is 9.53 Å². The smallest absolute Gasteiger partial charge is 0.304 e. The fraction of sp³-hybridized carbons (Fsp3) is 0.900. The minimum Gasteiger partial charge on any atom is -0.447 e. The molecule has 0 aromatic carbocycles. The van der Waals surface area contributed by atoms with E-state index in [-0.39, 0.29) is 17.7 Å². The summed E-state index contributed by atoms with van der Waals surface area (Å²) in [5.74, 6) is -0.199. The Morgan fingerprint density at radius 1 is 1.54 bits per heavy atom. The van der Waals surface area contributed by atoms with Crippen molar-refractivity contribution in [2.75, 3.05) is 6.54 Å². The molecule has 0 bridgehead atoms. The van der Waals surface area contributed by atoms with E-state index in [1.807, 2.05) is 6.92 Å². The van der Waals surface area contributed by atoms with E-state index in [0.717, 1.165) is 6.54 Å². The molecular formula is C10H19NO2. The molecule has 0 aromatic heterocycles. The number of hydrogen-bond acceptors (Lipinski definition) is 3. The van der Waals surface area contributed by atoms with Crippen molar-refractivity contribution in [2.45, 2.75) is 52.3 Å². The molecule has 0 radical (unpaired) electrons. The molecule has 1 heterocycles. The van der Waals surface area contributed by atoms with Gasteiger partial charge in [0, 0.05) is 19.0 Å². The summed E-state index contributed by atoms with van der Waals surface area (Å²) in [6.45, 7) is 8.81. The van der Waals surface area contributed by atoms with Crippen LogP contribution in [0.3, 0.4) is 0 Å². The Kier molecular flexibility index (Phi) is 2.96. The second kappa shape index (κ2) is 3.66. The van der Waals surface area contributed by atoms with Crippen molar-refractivity contribution in [3.05, 3.63) is 0 Å². The first-order valence-electron chi connectivity index (χ1n) is 4.87. The zero-order chi connectivity index (χ0) is 10.1. The zero-order valence-electron chi connectivity index (χ0n) is 8.96. The molecule has 1 aliphatic heterocycles. The summed E-state index contributed by atoms with van der Waals surface area (Å²) in [4.78, 5) is 13.0. The van der Waals surface area contributed by atoms with Crippen molar-refractivity contribution in [1.82, 2.24) is 4.90 Å². The summed E-state index contributed by atoms with van der Waals surface area (Å²) >= 11 is 0. The molecule has 0 saturated carbocycles. The Bertz CT molecular complexity index is 201. The van der Waals surface area contributed by atoms with Crippen LogP contribution in [0.15, 0.2) is 0 Å². The zero-order valence-corrected chi connectivity index (χ0v) is 8.96. The number of likely N-dealkylation sites (tertiary alicyclic amines) is 1. The third-order valence-electron chi connectivity index (χ3n) is 2.74. The first kappa shape index (κ1) is 10.5. The summed E-state index contributed by atoms with van der Waals surface area (Å²) < 4.78 is 5.16. The minimum absolute atomic E-state index is 0.0880. The molecule has 1 rings (SSSR count). The Hall–Kier alpha value is -0.570. The molecule has 1 atom stereocenters. The number of nitrogens with zero attached hydrogens (tertiary/aromatic N) is 1. The summed E-state index contributed by atoms with van der Waals surface area (Å²) in [7, 11) is 0. The van der Waals surface area contributed by atoms with Crippen LogP contribution in [0, 0.1) is 0 Å². The summed E-state index contributed by atoms with van der Waals surface area (Å²) in [6.07, 6.45) is 2.28. The summed E-state index contributed by atoms with van der Waals surface area (Å²) in [5.41, 5.74) is 0.175. The van der Waals surface area contributed by atoms with Crippen LogP contribution in [-0.2, 0) is 9.53 Å². The van der Waals surface area contributed by atoms with E-state index in [0.29, 0.717) is 0 Å². The molecule has 0 amide bonds. The lowest BCUT2D eigenvalue weighted by Gasteiger charge is -2.35. The quantitative estimate of drug-likeness (QED) is 0.614. The van der Waals surface area contributed by atoms with Crippen LogP contribution in [0.1, 0.15) is 40.5 Å². The normalized spacial score (nSPS) is 24.3. The first-order valence-corrected chi connectivity index (χ1v) is 4.87. The van der Waals surface area contributed by atoms with Crippen molar-refractivity contribution in [3.63, 3.8) is 0 Å². The van der Waals surface area contributed by atoms with Crippen LogP contribution in [0.5, 0.6) is 0 Å². The summed E-state index contributed by atoms with van der Waals surface area (Å²) in [6, 6.07) is 0. The van der Waals surface area contributed by atoms with E-state index in [1.165, 1.54) is 19.8 Å². The number of ether oxygens (including phenoxy) is 1. The topological polar surface area (TPSA) is 29.5 Å². The van der Waals surface area contributed by atoms with Crippen LogP contribution in [-0.4, -0.2) is 29.2 Å². The molecule has 3 heteroatoms. The highest BCUT2D eigenvalue weighted by molar-refractivity contribution is 5.66. The number of carbonyl (C=O) groups is 1. The van der Waals surface area contributed by atoms with E-state index in [2.05, 4.69) is 18.7 Å². The van der Waals surface area contributed by atoms with Gasteiger partial charge in [0.1, 0.15) is 0 Å². The lowest BCUT2D eigenvalue weighted by atomic mass is 10.0. The van der Waals surface area contributed by atoms with Crippen LogP contribution in [0.25, 0.3) is 0 Å². The second-order valence-corrected chi connectivity index (χ2v) is 4.32. The van der Waals surface area contributed by atoms with E-state index < -0.39 is 0 Å². The molecule has 76 valence electrons. The van der Waals surface area contributed by atoms with Crippen LogP contribution in [0.4, 0.5) is 0 Å². The molecule has 1 saturated heterocycles. The van der Waals surface area contributed by atoms with Gasteiger partial charge in [-0.25, -0.2) is 0 Å². The van der Waals surface area contributed by atoms with Gasteiger partial charge in [0.25, 0.3) is 0 Å². The minimum atomic E-state index is -0.199. The predicted octanol–water partition coefficient (Wildman–Crippen LogP) is 1.77. The summed E-state index contributed by atoms with van der Waals surface area (Å²) in [5, 5.41) is 0. The molecule has 3 nitrogen and oxygen atoms in total. The van der Waals surface area contributed by atoms with Crippen LogP contribution >= 0.6 is 0 Å². The van der Waals surface area contributed by atoms with Crippen molar-refractivity contribution in [2.24, 2.45) is 0 Å². The largest absolute Gasteiger partial charge is 0.447 e. The monoisotopic (exact) mass is 185 g/mol. The maximum absolute atomic E-state index is 10.8. The average molecular weight is 185 g/mol. The average Bonchev–Trinajstić information content (AvgIpc) is 2.27. The van der Waals surface area contributed by atoms with Gasteiger partial charge in [0.2, 0.25) is 0 Å². The van der Waals surface area contributed by atoms with Gasteiger partial charge in [0.15, 0.2) is 6.23 Å². The van der Waals surface area contributed by atoms with E-state index in [9.17, 15) is 4.79 Å². The molecule has 1 unspecified atom stereocenters. The SMILES string of the molecule is CC(=O)OC(C)N1CCCC1(C)C. The van der Waals surface area contributed by atoms with E-state index in [1.54, 1.807) is 0 Å². The van der Waals surface area contributed by atoms with Crippen molar-refractivity contribution >= 4 is 5.97 Å². The van der Waals surface area contributed by atoms with Gasteiger partial charge in [-0.1, -0.05) is 0 Å². The van der Waals surface area contributed by atoms with Gasteiger partial charge in [0.05, 0.1) is 0 Å². The highest BCUT2D eigenvalue weighted by Crippen LogP contribution is 2.30. The molecule has 0 N–H and O–H groups in total. The predicted molar refractivity (Wildman–Crippen MR) is 51.2 cm³/mol. The van der Waals surface area contributed by atoms with Gasteiger partial charge in [-0.05, 0) is 33.6 Å². The standard InChI is InChI=1S/C10H19NO2/c1-8(13-9(2)12)11-7-5-6-10(11,3)4/h8H,5-7H2,1-4H3. The van der Waals surface area contributed by atoms with Crippen LogP contribution in [0.2, 0.25) is 0 Å². The highest BCUT2D eigenvalue weighted by Gasteiger charge is 2.36. The molecule has 0 aromatic rings. The molecule has 0 aliphatic carbocycles. The van der Waals surface area contributed by atoms with Gasteiger partial charge in [-0.3, -0.25) is 9.69 Å². The van der Waals surface area contributed by atoms with Crippen molar-refractivity contribution in [1.29, 1.82) is 0 Å². The third-order valence-corrected chi connectivity index (χ3v) is 2.74. The third kappa shape index (κ3) is 2.44. The Morgan fingerprint density at radius 2 is 2.15 bits per heavy atom. The lowest BCUT2D eigenvalue weighted by molar-refractivity contribution is -0.157. The Labute approximate surface area is 80.1 Å². The number of esters is 1. The molecular weight excluding hydrogens is 166 g/mol. The van der Waals surface area contributed by atoms with Crippen molar-refractivity contribution in [3.8, 4) is 0 Å². The Balaban J connectivity index is 2.55. The number of rotatable bonds is 2. The first-order chi connectivity index (χ1) is 5.93. The maximum atomic E-state index is 10.8. The maximum Gasteiger partial charge on any atom is 0.304 e. The molecule has 13 heavy (non-hydrogen) atoms. The number of hydrogen-bond donors (Lipinski definition) is 0. The van der Waals surface area contributed by atoms with Gasteiger partial charge in [-0.2, -0.15) is 0 Å². The molecule has 1 aliphatic rings. The molecule has 0 spiro atoms. The fourth-order valence-electron chi connectivity index (χ4n) is 2.11. The van der Waals surface area contributed by atoms with Gasteiger partial charge in [-0.15, -0.1) is 0 Å². The number of carbonyl (C=O) groups excluding carboxylic acids is 1. The Morgan fingerprint density at radius 3 is 2.54 bits per heavy atom.